The molecule has 0 unspecified atom stereocenters. The largest absolute Gasteiger partial charge is 0.306 e. The van der Waals surface area contributed by atoms with Gasteiger partial charge >= 0.3 is 0 Å². The second-order valence-electron chi connectivity index (χ2n) is 6.17. The number of halogens is 1. The minimum absolute atomic E-state index is 0.207. The second-order valence-corrected chi connectivity index (χ2v) is 7.09. The fourth-order valence-electron chi connectivity index (χ4n) is 3.31. The molecule has 4 rings (SSSR count). The van der Waals surface area contributed by atoms with Crippen molar-refractivity contribution in [2.75, 3.05) is 5.32 Å². The Morgan fingerprint density at radius 2 is 1.92 bits per heavy atom. The van der Waals surface area contributed by atoms with Gasteiger partial charge in [0, 0.05) is 17.2 Å². The van der Waals surface area contributed by atoms with E-state index >= 15 is 0 Å². The highest BCUT2D eigenvalue weighted by atomic mass is 79.9. The summed E-state index contributed by atoms with van der Waals surface area (Å²) in [5, 5.41) is 2.74. The smallest absolute Gasteiger partial charge is 0.284 e. The molecule has 6 nitrogen and oxygen atoms in total. The van der Waals surface area contributed by atoms with E-state index in [9.17, 15) is 9.59 Å². The number of rotatable bonds is 3. The zero-order valence-electron chi connectivity index (χ0n) is 14.0. The zero-order valence-corrected chi connectivity index (χ0v) is 15.6. The maximum absolute atomic E-state index is 13.1. The first-order valence-corrected chi connectivity index (χ1v) is 9.27. The summed E-state index contributed by atoms with van der Waals surface area (Å²) in [5.41, 5.74) is 1.47. The van der Waals surface area contributed by atoms with Gasteiger partial charge in [0.1, 0.15) is 11.4 Å². The molecule has 3 heterocycles. The molecular weight excluding hydrogens is 396 g/mol. The third kappa shape index (κ3) is 2.99. The molecule has 0 radical (unpaired) electrons. The Hall–Kier alpha value is -2.67. The number of amides is 1. The minimum atomic E-state index is -0.412. The number of hydrogen-bond acceptors (Lipinski definition) is 3. The summed E-state index contributed by atoms with van der Waals surface area (Å²) in [4.78, 5) is 30.1. The molecule has 0 atom stereocenters. The number of fused-ring (bicyclic) bond motifs is 1. The van der Waals surface area contributed by atoms with Crippen molar-refractivity contribution in [2.45, 2.75) is 25.8 Å². The van der Waals surface area contributed by atoms with Crippen molar-refractivity contribution in [1.82, 2.24) is 14.3 Å². The molecule has 1 aliphatic heterocycles. The van der Waals surface area contributed by atoms with Gasteiger partial charge in [-0.1, -0.05) is 18.2 Å². The van der Waals surface area contributed by atoms with Crippen LogP contribution in [0.4, 0.5) is 5.82 Å². The molecule has 1 aromatic carbocycles. The van der Waals surface area contributed by atoms with Crippen LogP contribution in [0.15, 0.2) is 57.9 Å². The third-order valence-electron chi connectivity index (χ3n) is 4.48. The van der Waals surface area contributed by atoms with Crippen molar-refractivity contribution in [3.05, 3.63) is 74.7 Å². The Morgan fingerprint density at radius 1 is 1.12 bits per heavy atom. The van der Waals surface area contributed by atoms with Gasteiger partial charge in [0.25, 0.3) is 11.5 Å². The van der Waals surface area contributed by atoms with Gasteiger partial charge in [-0.2, -0.15) is 0 Å². The quantitative estimate of drug-likeness (QED) is 0.716. The average Bonchev–Trinajstić information content (AvgIpc) is 2.96. The Bertz CT molecular complexity index is 1010. The summed E-state index contributed by atoms with van der Waals surface area (Å²) in [7, 11) is 0. The summed E-state index contributed by atoms with van der Waals surface area (Å²) in [6, 6.07) is 12.9. The van der Waals surface area contributed by atoms with E-state index in [1.165, 1.54) is 0 Å². The molecule has 2 aromatic heterocycles. The lowest BCUT2D eigenvalue weighted by atomic mass is 10.1. The fraction of sp³-hybridized carbons (Fsp3) is 0.211. The molecule has 1 aliphatic rings. The van der Waals surface area contributed by atoms with E-state index in [4.69, 9.17) is 0 Å². The monoisotopic (exact) mass is 412 g/mol. The molecule has 0 saturated heterocycles. The van der Waals surface area contributed by atoms with Crippen molar-refractivity contribution in [2.24, 2.45) is 0 Å². The lowest BCUT2D eigenvalue weighted by molar-refractivity contribution is 0.102. The Balaban J connectivity index is 1.79. The van der Waals surface area contributed by atoms with Crippen LogP contribution < -0.4 is 10.9 Å². The van der Waals surface area contributed by atoms with Gasteiger partial charge in [0.05, 0.1) is 11.4 Å². The van der Waals surface area contributed by atoms with Crippen LogP contribution in [0, 0.1) is 0 Å². The Labute approximate surface area is 158 Å². The number of carbonyl (C=O) groups is 1. The first kappa shape index (κ1) is 16.8. The highest BCUT2D eigenvalue weighted by molar-refractivity contribution is 9.10. The van der Waals surface area contributed by atoms with Crippen molar-refractivity contribution < 1.29 is 4.79 Å². The van der Waals surface area contributed by atoms with E-state index in [1.807, 2.05) is 35.0 Å². The van der Waals surface area contributed by atoms with Crippen molar-refractivity contribution >= 4 is 27.7 Å². The van der Waals surface area contributed by atoms with E-state index in [0.717, 1.165) is 35.2 Å². The molecular formula is C19H17BrN4O2. The molecule has 3 aromatic rings. The summed E-state index contributed by atoms with van der Waals surface area (Å²) in [6.45, 7) is 0.725. The highest BCUT2D eigenvalue weighted by Gasteiger charge is 2.27. The zero-order chi connectivity index (χ0) is 18.1. The summed E-state index contributed by atoms with van der Waals surface area (Å²) in [6.07, 6.45) is 4.27. The number of para-hydroxylation sites is 1. The van der Waals surface area contributed by atoms with Gasteiger partial charge < -0.3 is 5.32 Å². The molecule has 26 heavy (non-hydrogen) atoms. The second kappa shape index (κ2) is 6.92. The normalized spacial score (nSPS) is 13.3. The third-order valence-corrected chi connectivity index (χ3v) is 4.95. The van der Waals surface area contributed by atoms with Gasteiger partial charge in [0.2, 0.25) is 0 Å². The van der Waals surface area contributed by atoms with Crippen LogP contribution in [-0.4, -0.2) is 20.3 Å². The van der Waals surface area contributed by atoms with E-state index in [-0.39, 0.29) is 11.1 Å². The summed E-state index contributed by atoms with van der Waals surface area (Å²) >= 11 is 3.31. The first-order chi connectivity index (χ1) is 12.6. The number of aromatic nitrogens is 3. The number of nitrogens with zero attached hydrogens (tertiary/aromatic N) is 3. The number of hydrogen-bond donors (Lipinski definition) is 1. The topological polar surface area (TPSA) is 68.9 Å². The van der Waals surface area contributed by atoms with Crippen molar-refractivity contribution in [3.63, 3.8) is 0 Å². The van der Waals surface area contributed by atoms with Gasteiger partial charge in [0.15, 0.2) is 0 Å². The van der Waals surface area contributed by atoms with Crippen LogP contribution in [-0.2, 0) is 13.0 Å². The van der Waals surface area contributed by atoms with Crippen LogP contribution in [0.5, 0.6) is 0 Å². The Kier molecular flexibility index (Phi) is 4.46. The fourth-order valence-corrected chi connectivity index (χ4v) is 3.55. The van der Waals surface area contributed by atoms with E-state index in [0.29, 0.717) is 12.2 Å². The SMILES string of the molecule is O=C(Nc1ccc(Br)cn1)c1c2n(n(-c3ccccc3)c1=O)CCCC2. The van der Waals surface area contributed by atoms with Gasteiger partial charge in [-0.15, -0.1) is 0 Å². The first-order valence-electron chi connectivity index (χ1n) is 8.48. The maximum Gasteiger partial charge on any atom is 0.284 e. The lowest BCUT2D eigenvalue weighted by Crippen LogP contribution is -2.26. The minimum Gasteiger partial charge on any atom is -0.306 e. The van der Waals surface area contributed by atoms with Crippen molar-refractivity contribution in [3.8, 4) is 5.69 Å². The molecule has 1 amide bonds. The van der Waals surface area contributed by atoms with Crippen LogP contribution in [0.2, 0.25) is 0 Å². The van der Waals surface area contributed by atoms with E-state index in [1.54, 1.807) is 23.0 Å². The Morgan fingerprint density at radius 3 is 2.65 bits per heavy atom. The number of benzene rings is 1. The lowest BCUT2D eigenvalue weighted by Gasteiger charge is -2.19. The number of carbonyl (C=O) groups excluding carboxylic acids is 1. The summed E-state index contributed by atoms with van der Waals surface area (Å²) in [5.74, 6) is 0.00442. The molecule has 0 aliphatic carbocycles. The molecule has 0 bridgehead atoms. The number of pyridine rings is 1. The summed E-state index contributed by atoms with van der Waals surface area (Å²) < 4.78 is 4.37. The molecule has 0 spiro atoms. The highest BCUT2D eigenvalue weighted by Crippen LogP contribution is 2.21. The van der Waals surface area contributed by atoms with E-state index in [2.05, 4.69) is 26.2 Å². The van der Waals surface area contributed by atoms with E-state index < -0.39 is 5.91 Å². The van der Waals surface area contributed by atoms with Crippen LogP contribution >= 0.6 is 15.9 Å². The molecule has 0 fully saturated rings. The predicted octanol–water partition coefficient (Wildman–Crippen LogP) is 3.39. The average molecular weight is 413 g/mol. The molecule has 7 heteroatoms. The standard InChI is InChI=1S/C19H17BrN4O2/c20-13-9-10-16(21-12-13)22-18(25)17-15-8-4-5-11-23(15)24(19(17)26)14-6-2-1-3-7-14/h1-3,6-7,9-10,12H,4-5,8,11H2,(H,21,22,25). The van der Waals surface area contributed by atoms with Crippen LogP contribution in [0.1, 0.15) is 28.9 Å². The van der Waals surface area contributed by atoms with Gasteiger partial charge in [-0.25, -0.2) is 9.67 Å². The van der Waals surface area contributed by atoms with Crippen LogP contribution in [0.3, 0.4) is 0 Å². The number of nitrogens with one attached hydrogen (secondary N) is 1. The molecule has 0 saturated carbocycles. The van der Waals surface area contributed by atoms with Crippen LogP contribution in [0.25, 0.3) is 5.69 Å². The predicted molar refractivity (Wildman–Crippen MR) is 103 cm³/mol. The molecule has 1 N–H and O–H groups in total. The number of anilines is 1. The molecule has 132 valence electrons. The maximum atomic E-state index is 13.1. The van der Waals surface area contributed by atoms with Crippen molar-refractivity contribution in [1.29, 1.82) is 0 Å². The van der Waals surface area contributed by atoms with Gasteiger partial charge in [-0.05, 0) is 59.5 Å². The van der Waals surface area contributed by atoms with Gasteiger partial charge in [-0.3, -0.25) is 14.3 Å².